The average molecular weight is 158 g/mol. The lowest BCUT2D eigenvalue weighted by Crippen LogP contribution is -2.59. The molecular formula is C6H10N2O3. The summed E-state index contributed by atoms with van der Waals surface area (Å²) in [7, 11) is 0. The molecule has 5 nitrogen and oxygen atoms in total. The van der Waals surface area contributed by atoms with Crippen LogP contribution in [0, 0.1) is 11.3 Å². The highest BCUT2D eigenvalue weighted by molar-refractivity contribution is 5.03. The molecule has 0 unspecified atom stereocenters. The first-order valence-electron chi connectivity index (χ1n) is 3.34. The zero-order valence-electron chi connectivity index (χ0n) is 5.81. The van der Waals surface area contributed by atoms with Crippen molar-refractivity contribution in [3.63, 3.8) is 0 Å². The van der Waals surface area contributed by atoms with E-state index < -0.39 is 24.4 Å². The lowest BCUT2D eigenvalue weighted by molar-refractivity contribution is -0.0855. The molecule has 0 bridgehead atoms. The van der Waals surface area contributed by atoms with Crippen molar-refractivity contribution in [3.8, 4) is 6.07 Å². The second-order valence-electron chi connectivity index (χ2n) is 2.56. The van der Waals surface area contributed by atoms with Crippen LogP contribution in [0.3, 0.4) is 0 Å². The molecule has 0 amide bonds. The fraction of sp³-hybridized carbons (Fsp3) is 0.833. The number of hydrogen-bond donors (Lipinski definition) is 4. The molecule has 1 saturated heterocycles. The quantitative estimate of drug-likeness (QED) is 0.314. The van der Waals surface area contributed by atoms with Gasteiger partial charge in [0.05, 0.1) is 12.2 Å². The minimum absolute atomic E-state index is 0.135. The van der Waals surface area contributed by atoms with E-state index in [-0.39, 0.29) is 6.54 Å². The monoisotopic (exact) mass is 158 g/mol. The zero-order chi connectivity index (χ0) is 8.43. The fourth-order valence-electron chi connectivity index (χ4n) is 1.04. The number of nitrogens with one attached hydrogen (secondary N) is 1. The largest absolute Gasteiger partial charge is 0.389 e. The number of piperidine rings is 1. The van der Waals surface area contributed by atoms with E-state index in [1.165, 1.54) is 0 Å². The Morgan fingerprint density at radius 3 is 2.45 bits per heavy atom. The van der Waals surface area contributed by atoms with Crippen molar-refractivity contribution in [2.24, 2.45) is 0 Å². The smallest absolute Gasteiger partial charge is 0.124 e. The molecule has 0 aromatic carbocycles. The summed E-state index contributed by atoms with van der Waals surface area (Å²) in [6, 6.07) is 0.989. The van der Waals surface area contributed by atoms with Crippen LogP contribution in [0.4, 0.5) is 0 Å². The van der Waals surface area contributed by atoms with Crippen molar-refractivity contribution in [2.75, 3.05) is 6.54 Å². The minimum Gasteiger partial charge on any atom is -0.389 e. The van der Waals surface area contributed by atoms with Gasteiger partial charge < -0.3 is 15.3 Å². The van der Waals surface area contributed by atoms with E-state index in [4.69, 9.17) is 20.6 Å². The molecule has 0 aliphatic carbocycles. The number of rotatable bonds is 0. The van der Waals surface area contributed by atoms with Gasteiger partial charge in [-0.3, -0.25) is 5.32 Å². The third kappa shape index (κ3) is 1.49. The Labute approximate surface area is 63.9 Å². The summed E-state index contributed by atoms with van der Waals surface area (Å²) in [4.78, 5) is 0. The van der Waals surface area contributed by atoms with Crippen molar-refractivity contribution >= 4 is 0 Å². The summed E-state index contributed by atoms with van der Waals surface area (Å²) in [5.41, 5.74) is 0. The van der Waals surface area contributed by atoms with Crippen LogP contribution in [0.1, 0.15) is 0 Å². The maximum absolute atomic E-state index is 9.11. The van der Waals surface area contributed by atoms with Gasteiger partial charge in [0.15, 0.2) is 0 Å². The van der Waals surface area contributed by atoms with E-state index in [1.807, 2.05) is 0 Å². The molecule has 1 aliphatic rings. The van der Waals surface area contributed by atoms with Gasteiger partial charge in [-0.2, -0.15) is 5.26 Å². The maximum Gasteiger partial charge on any atom is 0.124 e. The van der Waals surface area contributed by atoms with Crippen molar-refractivity contribution < 1.29 is 15.3 Å². The molecule has 0 aromatic rings. The first-order valence-corrected chi connectivity index (χ1v) is 3.34. The summed E-state index contributed by atoms with van der Waals surface area (Å²) in [5.74, 6) is 0. The number of nitriles is 1. The second kappa shape index (κ2) is 3.15. The maximum atomic E-state index is 9.11. The SMILES string of the molecule is N#C[C@H]1NC[C@@H](O)[C@H](O)[C@H]1O. The van der Waals surface area contributed by atoms with Gasteiger partial charge in [0, 0.05) is 6.54 Å². The van der Waals surface area contributed by atoms with Crippen LogP contribution in [0.5, 0.6) is 0 Å². The zero-order valence-corrected chi connectivity index (χ0v) is 5.81. The van der Waals surface area contributed by atoms with Gasteiger partial charge in [0.2, 0.25) is 0 Å². The van der Waals surface area contributed by atoms with E-state index in [0.29, 0.717) is 0 Å². The molecule has 0 saturated carbocycles. The molecule has 5 heteroatoms. The molecule has 0 spiro atoms. The molecule has 4 N–H and O–H groups in total. The Bertz CT molecular complexity index is 179. The van der Waals surface area contributed by atoms with E-state index in [1.54, 1.807) is 6.07 Å². The molecule has 1 fully saturated rings. The van der Waals surface area contributed by atoms with Gasteiger partial charge in [-0.1, -0.05) is 0 Å². The van der Waals surface area contributed by atoms with Gasteiger partial charge in [0.1, 0.15) is 18.2 Å². The lowest BCUT2D eigenvalue weighted by atomic mass is 9.97. The minimum atomic E-state index is -1.22. The van der Waals surface area contributed by atoms with Crippen LogP contribution in [0.2, 0.25) is 0 Å². The van der Waals surface area contributed by atoms with E-state index >= 15 is 0 Å². The van der Waals surface area contributed by atoms with Crippen molar-refractivity contribution in [3.05, 3.63) is 0 Å². The lowest BCUT2D eigenvalue weighted by Gasteiger charge is -2.32. The van der Waals surface area contributed by atoms with Crippen LogP contribution in [-0.4, -0.2) is 46.2 Å². The predicted octanol–water partition coefficient (Wildman–Crippen LogP) is -2.44. The number of nitrogens with zero attached hydrogens (tertiary/aromatic N) is 1. The van der Waals surface area contributed by atoms with Crippen LogP contribution in [0.15, 0.2) is 0 Å². The van der Waals surface area contributed by atoms with Crippen molar-refractivity contribution in [2.45, 2.75) is 24.4 Å². The summed E-state index contributed by atoms with van der Waals surface area (Å²) in [6.45, 7) is 0.135. The van der Waals surface area contributed by atoms with Gasteiger partial charge in [-0.05, 0) is 0 Å². The summed E-state index contributed by atoms with van der Waals surface area (Å²) in [5, 5.41) is 38.1. The Balaban J connectivity index is 2.61. The summed E-state index contributed by atoms with van der Waals surface area (Å²) < 4.78 is 0. The Morgan fingerprint density at radius 1 is 1.27 bits per heavy atom. The molecular weight excluding hydrogens is 148 g/mol. The molecule has 11 heavy (non-hydrogen) atoms. The third-order valence-electron chi connectivity index (χ3n) is 1.77. The summed E-state index contributed by atoms with van der Waals surface area (Å²) >= 11 is 0. The molecule has 62 valence electrons. The van der Waals surface area contributed by atoms with Crippen LogP contribution in [0.25, 0.3) is 0 Å². The van der Waals surface area contributed by atoms with E-state index in [2.05, 4.69) is 5.32 Å². The highest BCUT2D eigenvalue weighted by atomic mass is 16.4. The fourth-order valence-corrected chi connectivity index (χ4v) is 1.04. The number of β-amino-alcohol motifs (C(OH)–C–C–N with tert-alkyl or cyclic N) is 1. The molecule has 4 atom stereocenters. The third-order valence-corrected chi connectivity index (χ3v) is 1.77. The van der Waals surface area contributed by atoms with E-state index in [0.717, 1.165) is 0 Å². The average Bonchev–Trinajstić information content (AvgIpc) is 2.01. The first-order chi connectivity index (χ1) is 5.16. The van der Waals surface area contributed by atoms with Crippen LogP contribution >= 0.6 is 0 Å². The molecule has 1 aliphatic heterocycles. The van der Waals surface area contributed by atoms with Crippen molar-refractivity contribution in [1.82, 2.24) is 5.32 Å². The van der Waals surface area contributed by atoms with Gasteiger partial charge in [-0.25, -0.2) is 0 Å². The van der Waals surface area contributed by atoms with Crippen LogP contribution in [-0.2, 0) is 0 Å². The van der Waals surface area contributed by atoms with Gasteiger partial charge >= 0.3 is 0 Å². The number of aliphatic hydroxyl groups is 3. The normalized spacial score (nSPS) is 44.9. The molecule has 1 rings (SSSR count). The highest BCUT2D eigenvalue weighted by Crippen LogP contribution is 2.09. The van der Waals surface area contributed by atoms with E-state index in [9.17, 15) is 0 Å². The van der Waals surface area contributed by atoms with Crippen LogP contribution < -0.4 is 5.32 Å². The van der Waals surface area contributed by atoms with Gasteiger partial charge in [0.25, 0.3) is 0 Å². The van der Waals surface area contributed by atoms with Crippen molar-refractivity contribution in [1.29, 1.82) is 5.26 Å². The number of aliphatic hydroxyl groups excluding tert-OH is 3. The van der Waals surface area contributed by atoms with Gasteiger partial charge in [-0.15, -0.1) is 0 Å². The molecule has 0 aromatic heterocycles. The second-order valence-corrected chi connectivity index (χ2v) is 2.56. The highest BCUT2D eigenvalue weighted by Gasteiger charge is 2.35. The standard InChI is InChI=1S/C6H10N2O3/c7-1-3-5(10)6(11)4(9)2-8-3/h3-6,8-11H,2H2/t3-,4-,5+,6+/m1/s1. The predicted molar refractivity (Wildman–Crippen MR) is 35.4 cm³/mol. The number of hydrogen-bond acceptors (Lipinski definition) is 5. The molecule has 1 heterocycles. The topological polar surface area (TPSA) is 96.5 Å². The Hall–Kier alpha value is -0.670. The first kappa shape index (κ1) is 8.43. The summed E-state index contributed by atoms with van der Waals surface area (Å²) in [6.07, 6.45) is -3.42. The molecule has 0 radical (unpaired) electrons. The Kier molecular flexibility index (Phi) is 2.42. The Morgan fingerprint density at radius 2 is 1.91 bits per heavy atom.